The van der Waals surface area contributed by atoms with Gasteiger partial charge in [-0.1, -0.05) is 41.4 Å². The summed E-state index contributed by atoms with van der Waals surface area (Å²) in [6.07, 6.45) is 0.135. The highest BCUT2D eigenvalue weighted by Gasteiger charge is 2.43. The van der Waals surface area contributed by atoms with Crippen LogP contribution in [0.1, 0.15) is 35.3 Å². The molecule has 1 aromatic heterocycles. The molecule has 164 valence electrons. The highest BCUT2D eigenvalue weighted by atomic mass is 35.5. The molecule has 0 radical (unpaired) electrons. The molecule has 2 atom stereocenters. The molecular formula is C24H19Cl2F2N3O. The van der Waals surface area contributed by atoms with Crippen LogP contribution in [0.15, 0.2) is 60.8 Å². The molecule has 1 aliphatic rings. The molecule has 8 heteroatoms. The summed E-state index contributed by atoms with van der Waals surface area (Å²) in [4.78, 5) is 6.00. The number of benzene rings is 2. The number of aromatic nitrogens is 1. The molecule has 1 saturated heterocycles. The Morgan fingerprint density at radius 1 is 1.09 bits per heavy atom. The topological polar surface area (TPSA) is 60.1 Å². The number of nitriles is 1. The van der Waals surface area contributed by atoms with Crippen molar-refractivity contribution in [1.82, 2.24) is 9.88 Å². The molecule has 1 fully saturated rings. The van der Waals surface area contributed by atoms with Gasteiger partial charge in [-0.25, -0.2) is 8.78 Å². The number of hydrogen-bond acceptors (Lipinski definition) is 4. The van der Waals surface area contributed by atoms with Gasteiger partial charge < -0.3 is 5.11 Å². The molecule has 0 saturated carbocycles. The molecule has 0 unspecified atom stereocenters. The Morgan fingerprint density at radius 3 is 2.38 bits per heavy atom. The van der Waals surface area contributed by atoms with Gasteiger partial charge in [-0.3, -0.25) is 9.88 Å². The molecule has 2 aromatic carbocycles. The molecule has 1 N–H and O–H groups in total. The van der Waals surface area contributed by atoms with E-state index in [0.29, 0.717) is 38.0 Å². The number of halogens is 4. The van der Waals surface area contributed by atoms with Gasteiger partial charge in [0.25, 0.3) is 5.92 Å². The lowest BCUT2D eigenvalue weighted by Crippen LogP contribution is -2.33. The highest BCUT2D eigenvalue weighted by Crippen LogP contribution is 2.42. The Hall–Kier alpha value is -2.56. The standard InChI is InChI=1S/C24H19Cl2F2N3O/c25-18-10-17(11-19(26)12-18)21-20(2-1-8-30-21)23(32)22(31-9-7-24(27,28)14-31)16-5-3-15(13-29)4-6-16/h1-6,8,10-12,22-23,32H,7,9,14H2/t22-,23+/m0/s1. The summed E-state index contributed by atoms with van der Waals surface area (Å²) in [5.41, 5.74) is 2.63. The predicted molar refractivity (Wildman–Crippen MR) is 120 cm³/mol. The van der Waals surface area contributed by atoms with Crippen molar-refractivity contribution in [1.29, 1.82) is 5.26 Å². The van der Waals surface area contributed by atoms with E-state index in [-0.39, 0.29) is 13.0 Å². The van der Waals surface area contributed by atoms with Gasteiger partial charge in [-0.05, 0) is 42.0 Å². The first-order valence-corrected chi connectivity index (χ1v) is 10.7. The minimum absolute atomic E-state index is 0.132. The molecule has 0 spiro atoms. The third-order valence-corrected chi connectivity index (χ3v) is 6.00. The molecule has 0 aliphatic carbocycles. The van der Waals surface area contributed by atoms with Crippen LogP contribution in [0.2, 0.25) is 10.0 Å². The first kappa shape index (κ1) is 22.6. The van der Waals surface area contributed by atoms with Crippen LogP contribution in [-0.4, -0.2) is 34.0 Å². The predicted octanol–water partition coefficient (Wildman–Crippen LogP) is 6.04. The summed E-state index contributed by atoms with van der Waals surface area (Å²) >= 11 is 12.3. The van der Waals surface area contributed by atoms with Gasteiger partial charge >= 0.3 is 0 Å². The first-order valence-electron chi connectivity index (χ1n) is 9.99. The first-order chi connectivity index (χ1) is 15.3. The highest BCUT2D eigenvalue weighted by molar-refractivity contribution is 6.35. The van der Waals surface area contributed by atoms with Crippen LogP contribution in [0.5, 0.6) is 0 Å². The average Bonchev–Trinajstić information content (AvgIpc) is 3.12. The third kappa shape index (κ3) is 4.77. The van der Waals surface area contributed by atoms with Gasteiger partial charge in [0.1, 0.15) is 6.10 Å². The van der Waals surface area contributed by atoms with Crippen molar-refractivity contribution in [2.24, 2.45) is 0 Å². The third-order valence-electron chi connectivity index (χ3n) is 5.57. The zero-order chi connectivity index (χ0) is 22.9. The van der Waals surface area contributed by atoms with E-state index >= 15 is 0 Å². The number of aliphatic hydroxyl groups is 1. The summed E-state index contributed by atoms with van der Waals surface area (Å²) in [7, 11) is 0. The number of aliphatic hydroxyl groups excluding tert-OH is 1. The molecule has 0 amide bonds. The Bertz CT molecular complexity index is 1140. The number of nitrogens with zero attached hydrogens (tertiary/aromatic N) is 3. The maximum atomic E-state index is 14.1. The van der Waals surface area contributed by atoms with Crippen LogP contribution in [-0.2, 0) is 0 Å². The minimum atomic E-state index is -2.83. The second-order valence-corrected chi connectivity index (χ2v) is 8.67. The van der Waals surface area contributed by atoms with Crippen molar-refractivity contribution in [3.63, 3.8) is 0 Å². The SMILES string of the molecule is N#Cc1ccc([C@@H]([C@H](O)c2cccnc2-c2cc(Cl)cc(Cl)c2)N2CCC(F)(F)C2)cc1. The number of likely N-dealkylation sites (tertiary alicyclic amines) is 1. The van der Waals surface area contributed by atoms with Crippen molar-refractivity contribution in [2.75, 3.05) is 13.1 Å². The summed E-state index contributed by atoms with van der Waals surface area (Å²) in [6.45, 7) is -0.333. The quantitative estimate of drug-likeness (QED) is 0.490. The summed E-state index contributed by atoms with van der Waals surface area (Å²) in [6, 6.07) is 16.3. The molecule has 1 aliphatic heterocycles. The number of rotatable bonds is 5. The number of pyridine rings is 1. The van der Waals surface area contributed by atoms with Gasteiger partial charge in [-0.2, -0.15) is 5.26 Å². The Balaban J connectivity index is 1.79. The van der Waals surface area contributed by atoms with Crippen LogP contribution in [0.25, 0.3) is 11.3 Å². The lowest BCUT2D eigenvalue weighted by molar-refractivity contribution is -0.00689. The van der Waals surface area contributed by atoms with E-state index in [2.05, 4.69) is 4.98 Å². The van der Waals surface area contributed by atoms with Crippen LogP contribution in [0.3, 0.4) is 0 Å². The summed E-state index contributed by atoms with van der Waals surface area (Å²) in [5.74, 6) is -2.83. The van der Waals surface area contributed by atoms with Crippen molar-refractivity contribution in [3.8, 4) is 17.3 Å². The van der Waals surface area contributed by atoms with Crippen molar-refractivity contribution in [3.05, 3.63) is 87.5 Å². The van der Waals surface area contributed by atoms with E-state index in [9.17, 15) is 13.9 Å². The maximum absolute atomic E-state index is 14.1. The van der Waals surface area contributed by atoms with E-state index in [0.717, 1.165) is 0 Å². The van der Waals surface area contributed by atoms with Gasteiger partial charge in [0.15, 0.2) is 0 Å². The molecule has 3 aromatic rings. The van der Waals surface area contributed by atoms with Crippen molar-refractivity contribution >= 4 is 23.2 Å². The van der Waals surface area contributed by atoms with Crippen molar-refractivity contribution in [2.45, 2.75) is 24.5 Å². The van der Waals surface area contributed by atoms with Gasteiger partial charge in [-0.15, -0.1) is 0 Å². The van der Waals surface area contributed by atoms with Crippen LogP contribution >= 0.6 is 23.2 Å². The van der Waals surface area contributed by atoms with E-state index in [4.69, 9.17) is 28.5 Å². The van der Waals surface area contributed by atoms with E-state index in [1.54, 1.807) is 65.7 Å². The van der Waals surface area contributed by atoms with E-state index in [1.807, 2.05) is 6.07 Å². The molecule has 0 bridgehead atoms. The monoisotopic (exact) mass is 473 g/mol. The maximum Gasteiger partial charge on any atom is 0.261 e. The lowest BCUT2D eigenvalue weighted by atomic mass is 9.91. The summed E-state index contributed by atoms with van der Waals surface area (Å²) in [5, 5.41) is 21.5. The van der Waals surface area contributed by atoms with Gasteiger partial charge in [0, 0.05) is 40.3 Å². The zero-order valence-corrected chi connectivity index (χ0v) is 18.4. The molecule has 4 nitrogen and oxygen atoms in total. The lowest BCUT2D eigenvalue weighted by Gasteiger charge is -2.33. The fourth-order valence-electron chi connectivity index (χ4n) is 4.11. The van der Waals surface area contributed by atoms with Crippen molar-refractivity contribution < 1.29 is 13.9 Å². The minimum Gasteiger partial charge on any atom is -0.386 e. The van der Waals surface area contributed by atoms with Gasteiger partial charge in [0.2, 0.25) is 0 Å². The van der Waals surface area contributed by atoms with E-state index < -0.39 is 24.6 Å². The number of hydrogen-bond donors (Lipinski definition) is 1. The summed E-state index contributed by atoms with van der Waals surface area (Å²) < 4.78 is 28.2. The molecule has 4 rings (SSSR count). The second kappa shape index (κ2) is 9.13. The molecule has 32 heavy (non-hydrogen) atoms. The normalized spacial score (nSPS) is 17.6. The van der Waals surface area contributed by atoms with E-state index in [1.165, 1.54) is 0 Å². The Morgan fingerprint density at radius 2 is 1.78 bits per heavy atom. The smallest absolute Gasteiger partial charge is 0.261 e. The zero-order valence-electron chi connectivity index (χ0n) is 16.9. The Kier molecular flexibility index (Phi) is 6.45. The average molecular weight is 474 g/mol. The second-order valence-electron chi connectivity index (χ2n) is 7.80. The largest absolute Gasteiger partial charge is 0.386 e. The Labute approximate surface area is 194 Å². The van der Waals surface area contributed by atoms with Crippen LogP contribution in [0.4, 0.5) is 8.78 Å². The fourth-order valence-corrected chi connectivity index (χ4v) is 4.63. The van der Waals surface area contributed by atoms with Gasteiger partial charge in [0.05, 0.1) is 29.9 Å². The van der Waals surface area contributed by atoms with Crippen LogP contribution < -0.4 is 0 Å². The fraction of sp³-hybridized carbons (Fsp3) is 0.250. The number of alkyl halides is 2. The van der Waals surface area contributed by atoms with Crippen LogP contribution in [0, 0.1) is 11.3 Å². The molecular weight excluding hydrogens is 455 g/mol. The molecule has 2 heterocycles.